The van der Waals surface area contributed by atoms with E-state index in [4.69, 9.17) is 0 Å². The zero-order valence-corrected chi connectivity index (χ0v) is 13.1. The maximum Gasteiger partial charge on any atom is 0.310 e. The molecule has 0 heterocycles. The standard InChI is InChI=1S/C14H25NO4S/c1-11(20(2)19)10-15-12(16)9-14(13(17)18)7-5-3-4-6-8-14/h11H,3-10H2,1-2H3,(H,15,16)(H,17,18). The van der Waals surface area contributed by atoms with Gasteiger partial charge in [0.05, 0.1) is 5.41 Å². The van der Waals surface area contributed by atoms with Gasteiger partial charge in [0, 0.05) is 35.3 Å². The van der Waals surface area contributed by atoms with E-state index in [1.165, 1.54) is 0 Å². The summed E-state index contributed by atoms with van der Waals surface area (Å²) in [6, 6.07) is 0. The van der Waals surface area contributed by atoms with Crippen molar-refractivity contribution in [2.24, 2.45) is 5.41 Å². The number of carboxylic acid groups (broad SMARTS) is 1. The normalized spacial score (nSPS) is 21.5. The van der Waals surface area contributed by atoms with Crippen molar-refractivity contribution in [3.05, 3.63) is 0 Å². The first-order valence-electron chi connectivity index (χ1n) is 7.20. The van der Waals surface area contributed by atoms with Gasteiger partial charge in [0.15, 0.2) is 0 Å². The van der Waals surface area contributed by atoms with Crippen molar-refractivity contribution in [2.75, 3.05) is 12.8 Å². The molecule has 0 bridgehead atoms. The molecule has 1 rings (SSSR count). The molecule has 20 heavy (non-hydrogen) atoms. The van der Waals surface area contributed by atoms with Gasteiger partial charge in [-0.1, -0.05) is 25.7 Å². The minimum atomic E-state index is -0.986. The molecule has 0 aliphatic heterocycles. The zero-order chi connectivity index (χ0) is 15.2. The summed E-state index contributed by atoms with van der Waals surface area (Å²) < 4.78 is 11.2. The molecule has 2 atom stereocenters. The highest BCUT2D eigenvalue weighted by Crippen LogP contribution is 2.38. The molecule has 0 saturated heterocycles. The summed E-state index contributed by atoms with van der Waals surface area (Å²) in [7, 11) is -0.986. The van der Waals surface area contributed by atoms with Gasteiger partial charge in [0.2, 0.25) is 5.91 Å². The van der Waals surface area contributed by atoms with Gasteiger partial charge in [-0.2, -0.15) is 0 Å². The van der Waals surface area contributed by atoms with Gasteiger partial charge in [-0.25, -0.2) is 0 Å². The predicted octanol–water partition coefficient (Wildman–Crippen LogP) is 1.68. The van der Waals surface area contributed by atoms with Crippen molar-refractivity contribution in [1.82, 2.24) is 5.32 Å². The van der Waals surface area contributed by atoms with Crippen LogP contribution in [0.2, 0.25) is 0 Å². The van der Waals surface area contributed by atoms with Crippen LogP contribution in [0.5, 0.6) is 0 Å². The molecule has 1 amide bonds. The number of carbonyl (C=O) groups is 2. The Balaban J connectivity index is 2.59. The number of hydrogen-bond acceptors (Lipinski definition) is 3. The van der Waals surface area contributed by atoms with E-state index in [0.29, 0.717) is 19.4 Å². The monoisotopic (exact) mass is 303 g/mol. The van der Waals surface area contributed by atoms with Crippen LogP contribution in [0, 0.1) is 5.41 Å². The second-order valence-corrected chi connectivity index (χ2v) is 7.59. The summed E-state index contributed by atoms with van der Waals surface area (Å²) >= 11 is 0. The number of nitrogens with one attached hydrogen (secondary N) is 1. The molecule has 0 aromatic heterocycles. The highest BCUT2D eigenvalue weighted by Gasteiger charge is 2.40. The summed E-state index contributed by atoms with van der Waals surface area (Å²) in [6.07, 6.45) is 6.61. The summed E-state index contributed by atoms with van der Waals surface area (Å²) in [5, 5.41) is 12.1. The quantitative estimate of drug-likeness (QED) is 0.731. The number of carboxylic acids is 1. The van der Waals surface area contributed by atoms with Crippen LogP contribution < -0.4 is 5.32 Å². The fourth-order valence-electron chi connectivity index (χ4n) is 2.62. The second-order valence-electron chi connectivity index (χ2n) is 5.79. The summed E-state index contributed by atoms with van der Waals surface area (Å²) in [5.41, 5.74) is -0.908. The van der Waals surface area contributed by atoms with Crippen LogP contribution in [0.15, 0.2) is 0 Å². The molecule has 0 aromatic carbocycles. The van der Waals surface area contributed by atoms with E-state index < -0.39 is 22.2 Å². The molecular weight excluding hydrogens is 278 g/mol. The average Bonchev–Trinajstić information content (AvgIpc) is 2.62. The van der Waals surface area contributed by atoms with Crippen LogP contribution in [0.25, 0.3) is 0 Å². The van der Waals surface area contributed by atoms with E-state index in [9.17, 15) is 18.9 Å². The molecule has 5 nitrogen and oxygen atoms in total. The third kappa shape index (κ3) is 4.89. The molecular formula is C14H25NO4S. The molecule has 1 aliphatic carbocycles. The Hall–Kier alpha value is -0.910. The first-order chi connectivity index (χ1) is 9.37. The fraction of sp³-hybridized carbons (Fsp3) is 0.857. The van der Waals surface area contributed by atoms with Crippen molar-refractivity contribution < 1.29 is 18.9 Å². The van der Waals surface area contributed by atoms with Gasteiger partial charge in [-0.15, -0.1) is 0 Å². The van der Waals surface area contributed by atoms with Crippen LogP contribution in [-0.2, 0) is 20.4 Å². The van der Waals surface area contributed by atoms with Crippen LogP contribution in [0.3, 0.4) is 0 Å². The summed E-state index contributed by atoms with van der Waals surface area (Å²) in [5.74, 6) is -1.10. The first kappa shape index (κ1) is 17.1. The van der Waals surface area contributed by atoms with Crippen molar-refractivity contribution in [3.63, 3.8) is 0 Å². The lowest BCUT2D eigenvalue weighted by Gasteiger charge is -2.27. The predicted molar refractivity (Wildman–Crippen MR) is 78.9 cm³/mol. The summed E-state index contributed by atoms with van der Waals surface area (Å²) in [4.78, 5) is 23.6. The summed E-state index contributed by atoms with van der Waals surface area (Å²) in [6.45, 7) is 2.13. The number of carbonyl (C=O) groups excluding carboxylic acids is 1. The SMILES string of the molecule is CC(CNC(=O)CC1(C(=O)O)CCCCCC1)S(C)=O. The van der Waals surface area contributed by atoms with Gasteiger partial charge < -0.3 is 10.4 Å². The number of aliphatic carboxylic acids is 1. The van der Waals surface area contributed by atoms with E-state index in [-0.39, 0.29) is 17.6 Å². The fourth-order valence-corrected chi connectivity index (χ4v) is 2.93. The highest BCUT2D eigenvalue weighted by molar-refractivity contribution is 7.84. The smallest absolute Gasteiger partial charge is 0.310 e. The largest absolute Gasteiger partial charge is 0.481 e. The molecule has 0 aromatic rings. The van der Waals surface area contributed by atoms with Crippen molar-refractivity contribution in [3.8, 4) is 0 Å². The Labute approximate surface area is 123 Å². The van der Waals surface area contributed by atoms with Gasteiger partial charge in [-0.05, 0) is 19.8 Å². The van der Waals surface area contributed by atoms with E-state index >= 15 is 0 Å². The number of rotatable bonds is 6. The lowest BCUT2D eigenvalue weighted by Crippen LogP contribution is -2.39. The van der Waals surface area contributed by atoms with E-state index in [0.717, 1.165) is 25.7 Å². The minimum absolute atomic E-state index is 0.0331. The molecule has 2 unspecified atom stereocenters. The Morgan fingerprint density at radius 1 is 1.25 bits per heavy atom. The van der Waals surface area contributed by atoms with Gasteiger partial charge in [0.25, 0.3) is 0 Å². The Bertz CT molecular complexity index is 375. The highest BCUT2D eigenvalue weighted by atomic mass is 32.2. The zero-order valence-electron chi connectivity index (χ0n) is 12.3. The minimum Gasteiger partial charge on any atom is -0.481 e. The van der Waals surface area contributed by atoms with Gasteiger partial charge >= 0.3 is 5.97 Å². The molecule has 6 heteroatoms. The lowest BCUT2D eigenvalue weighted by atomic mass is 9.77. The van der Waals surface area contributed by atoms with Crippen molar-refractivity contribution >= 4 is 22.7 Å². The van der Waals surface area contributed by atoms with Crippen LogP contribution >= 0.6 is 0 Å². The molecule has 1 saturated carbocycles. The van der Waals surface area contributed by atoms with Crippen molar-refractivity contribution in [2.45, 2.75) is 57.1 Å². The molecule has 116 valence electrons. The maximum atomic E-state index is 12.0. The van der Waals surface area contributed by atoms with Gasteiger partial charge in [0.1, 0.15) is 0 Å². The Morgan fingerprint density at radius 3 is 2.25 bits per heavy atom. The first-order valence-corrected chi connectivity index (χ1v) is 8.82. The van der Waals surface area contributed by atoms with Crippen LogP contribution in [0.1, 0.15) is 51.9 Å². The number of hydrogen-bond donors (Lipinski definition) is 2. The Morgan fingerprint density at radius 2 is 1.80 bits per heavy atom. The van der Waals surface area contributed by atoms with E-state index in [1.807, 2.05) is 0 Å². The average molecular weight is 303 g/mol. The van der Waals surface area contributed by atoms with Gasteiger partial charge in [-0.3, -0.25) is 13.8 Å². The number of amides is 1. The Kier molecular flexibility index (Phi) is 6.65. The topological polar surface area (TPSA) is 83.5 Å². The molecule has 1 fully saturated rings. The van der Waals surface area contributed by atoms with Crippen molar-refractivity contribution in [1.29, 1.82) is 0 Å². The lowest BCUT2D eigenvalue weighted by molar-refractivity contribution is -0.152. The molecule has 2 N–H and O–H groups in total. The molecule has 0 radical (unpaired) electrons. The third-order valence-electron chi connectivity index (χ3n) is 4.17. The molecule has 1 aliphatic rings. The van der Waals surface area contributed by atoms with E-state index in [2.05, 4.69) is 5.32 Å². The third-order valence-corrected chi connectivity index (χ3v) is 5.47. The van der Waals surface area contributed by atoms with Crippen LogP contribution in [0.4, 0.5) is 0 Å². The maximum absolute atomic E-state index is 12.0. The molecule has 0 spiro atoms. The van der Waals surface area contributed by atoms with Crippen LogP contribution in [-0.4, -0.2) is 39.2 Å². The second kappa shape index (κ2) is 7.76. The van der Waals surface area contributed by atoms with E-state index in [1.54, 1.807) is 13.2 Å².